The molecule has 19 heavy (non-hydrogen) atoms. The first kappa shape index (κ1) is 13.7. The van der Waals surface area contributed by atoms with Gasteiger partial charge in [-0.2, -0.15) is 0 Å². The van der Waals surface area contributed by atoms with Crippen molar-refractivity contribution in [2.24, 2.45) is 0 Å². The van der Waals surface area contributed by atoms with E-state index in [0.717, 1.165) is 0 Å². The van der Waals surface area contributed by atoms with Crippen molar-refractivity contribution in [2.75, 3.05) is 12.3 Å². The van der Waals surface area contributed by atoms with Crippen LogP contribution in [0.15, 0.2) is 40.9 Å². The molecule has 0 saturated carbocycles. The van der Waals surface area contributed by atoms with Crippen molar-refractivity contribution in [1.82, 2.24) is 0 Å². The molecule has 0 atom stereocenters. The molecule has 2 aromatic rings. The summed E-state index contributed by atoms with van der Waals surface area (Å²) in [5.41, 5.74) is 6.33. The zero-order valence-electron chi connectivity index (χ0n) is 10.3. The van der Waals surface area contributed by atoms with Crippen molar-refractivity contribution >= 4 is 21.6 Å². The highest BCUT2D eigenvalue weighted by Crippen LogP contribution is 2.33. The monoisotopic (exact) mass is 325 g/mol. The van der Waals surface area contributed by atoms with Crippen LogP contribution < -0.4 is 15.2 Å². The molecule has 0 heterocycles. The fourth-order valence-electron chi connectivity index (χ4n) is 1.54. The Kier molecular flexibility index (Phi) is 4.27. The van der Waals surface area contributed by atoms with Gasteiger partial charge in [-0.15, -0.1) is 0 Å². The van der Waals surface area contributed by atoms with Crippen molar-refractivity contribution in [2.45, 2.75) is 6.92 Å². The predicted octanol–water partition coefficient (Wildman–Crippen LogP) is 4.36. The Morgan fingerprint density at radius 3 is 2.63 bits per heavy atom. The highest BCUT2D eigenvalue weighted by atomic mass is 79.9. The molecule has 5 heteroatoms. The van der Waals surface area contributed by atoms with E-state index in [9.17, 15) is 4.39 Å². The van der Waals surface area contributed by atoms with Crippen LogP contribution in [0.1, 0.15) is 6.92 Å². The fraction of sp³-hybridized carbons (Fsp3) is 0.143. The lowest BCUT2D eigenvalue weighted by molar-refractivity contribution is 0.340. The molecule has 0 bridgehead atoms. The highest BCUT2D eigenvalue weighted by Gasteiger charge is 2.07. The first-order valence-corrected chi connectivity index (χ1v) is 6.54. The molecule has 2 rings (SSSR count). The Morgan fingerprint density at radius 2 is 1.95 bits per heavy atom. The number of anilines is 1. The van der Waals surface area contributed by atoms with Crippen LogP contribution in [0.4, 0.5) is 10.1 Å². The molecule has 0 amide bonds. The number of ether oxygens (including phenoxy) is 2. The minimum Gasteiger partial charge on any atom is -0.492 e. The normalized spacial score (nSPS) is 10.3. The second kappa shape index (κ2) is 5.93. The molecular formula is C14H13BrFNO2. The molecule has 0 spiro atoms. The number of hydrogen-bond acceptors (Lipinski definition) is 3. The third kappa shape index (κ3) is 3.38. The maximum Gasteiger partial charge on any atom is 0.145 e. The third-order valence-electron chi connectivity index (χ3n) is 2.41. The summed E-state index contributed by atoms with van der Waals surface area (Å²) >= 11 is 3.25. The summed E-state index contributed by atoms with van der Waals surface area (Å²) in [6.45, 7) is 2.40. The van der Waals surface area contributed by atoms with E-state index in [1.807, 2.05) is 6.92 Å². The summed E-state index contributed by atoms with van der Waals surface area (Å²) in [6.07, 6.45) is 0. The Hall–Kier alpha value is -1.75. The molecule has 0 unspecified atom stereocenters. The molecular weight excluding hydrogens is 313 g/mol. The van der Waals surface area contributed by atoms with Gasteiger partial charge in [0.1, 0.15) is 23.1 Å². The Morgan fingerprint density at radius 1 is 1.16 bits per heavy atom. The largest absolute Gasteiger partial charge is 0.492 e. The van der Waals surface area contributed by atoms with E-state index in [0.29, 0.717) is 34.0 Å². The van der Waals surface area contributed by atoms with Gasteiger partial charge in [-0.1, -0.05) is 0 Å². The molecule has 0 aliphatic rings. The topological polar surface area (TPSA) is 44.5 Å². The first-order valence-electron chi connectivity index (χ1n) is 5.75. The van der Waals surface area contributed by atoms with E-state index in [4.69, 9.17) is 15.2 Å². The second-order valence-electron chi connectivity index (χ2n) is 3.81. The summed E-state index contributed by atoms with van der Waals surface area (Å²) < 4.78 is 24.6. The smallest absolute Gasteiger partial charge is 0.145 e. The molecule has 3 nitrogen and oxygen atoms in total. The van der Waals surface area contributed by atoms with Crippen LogP contribution in [-0.4, -0.2) is 6.61 Å². The van der Waals surface area contributed by atoms with Gasteiger partial charge in [-0.3, -0.25) is 0 Å². The first-order chi connectivity index (χ1) is 9.10. The standard InChI is InChI=1S/C14H13BrFNO2/c1-2-18-14-8-10(4-5-12(14)17)19-13-6-3-9(16)7-11(13)15/h3-8H,2,17H2,1H3. The van der Waals surface area contributed by atoms with Gasteiger partial charge in [-0.25, -0.2) is 4.39 Å². The summed E-state index contributed by atoms with van der Waals surface area (Å²) in [5, 5.41) is 0. The van der Waals surface area contributed by atoms with Crippen LogP contribution in [0.3, 0.4) is 0 Å². The molecule has 0 aliphatic carbocycles. The van der Waals surface area contributed by atoms with Crippen LogP contribution in [0, 0.1) is 5.82 Å². The number of benzene rings is 2. The second-order valence-corrected chi connectivity index (χ2v) is 4.66. The van der Waals surface area contributed by atoms with Gasteiger partial charge >= 0.3 is 0 Å². The average molecular weight is 326 g/mol. The van der Waals surface area contributed by atoms with Crippen molar-refractivity contribution in [3.63, 3.8) is 0 Å². The Balaban J connectivity index is 2.25. The molecule has 0 aromatic heterocycles. The van der Waals surface area contributed by atoms with Crippen LogP contribution >= 0.6 is 15.9 Å². The number of hydrogen-bond donors (Lipinski definition) is 1. The van der Waals surface area contributed by atoms with E-state index in [2.05, 4.69) is 15.9 Å². The molecule has 2 aromatic carbocycles. The molecule has 0 aliphatic heterocycles. The molecule has 2 N–H and O–H groups in total. The van der Waals surface area contributed by atoms with Crippen molar-refractivity contribution in [3.05, 3.63) is 46.7 Å². The Bertz CT molecular complexity index is 590. The van der Waals surface area contributed by atoms with Crippen molar-refractivity contribution in [1.29, 1.82) is 0 Å². The summed E-state index contributed by atoms with van der Waals surface area (Å²) in [6, 6.07) is 9.37. The van der Waals surface area contributed by atoms with Crippen LogP contribution in [0.5, 0.6) is 17.2 Å². The minimum absolute atomic E-state index is 0.327. The minimum atomic E-state index is -0.327. The van der Waals surface area contributed by atoms with Gasteiger partial charge in [0.15, 0.2) is 0 Å². The van der Waals surface area contributed by atoms with E-state index >= 15 is 0 Å². The maximum atomic E-state index is 13.0. The maximum absolute atomic E-state index is 13.0. The van der Waals surface area contributed by atoms with E-state index in [-0.39, 0.29) is 5.82 Å². The molecule has 100 valence electrons. The van der Waals surface area contributed by atoms with Gasteiger partial charge in [0.05, 0.1) is 16.8 Å². The van der Waals surface area contributed by atoms with E-state index in [1.54, 1.807) is 24.3 Å². The number of nitrogen functional groups attached to an aromatic ring is 1. The number of rotatable bonds is 4. The molecule has 0 fully saturated rings. The predicted molar refractivity (Wildman–Crippen MR) is 76.2 cm³/mol. The summed E-state index contributed by atoms with van der Waals surface area (Å²) in [4.78, 5) is 0. The summed E-state index contributed by atoms with van der Waals surface area (Å²) in [5.74, 6) is 1.34. The van der Waals surface area contributed by atoms with Gasteiger partial charge in [0.25, 0.3) is 0 Å². The van der Waals surface area contributed by atoms with E-state index in [1.165, 1.54) is 12.1 Å². The molecule has 0 radical (unpaired) electrons. The lowest BCUT2D eigenvalue weighted by Gasteiger charge is -2.11. The lowest BCUT2D eigenvalue weighted by Crippen LogP contribution is -1.97. The zero-order valence-corrected chi connectivity index (χ0v) is 11.9. The summed E-state index contributed by atoms with van der Waals surface area (Å²) in [7, 11) is 0. The van der Waals surface area contributed by atoms with Crippen LogP contribution in [-0.2, 0) is 0 Å². The van der Waals surface area contributed by atoms with E-state index < -0.39 is 0 Å². The van der Waals surface area contributed by atoms with Crippen LogP contribution in [0.2, 0.25) is 0 Å². The van der Waals surface area contributed by atoms with Gasteiger partial charge in [0.2, 0.25) is 0 Å². The quantitative estimate of drug-likeness (QED) is 0.849. The van der Waals surface area contributed by atoms with Gasteiger partial charge in [-0.05, 0) is 53.2 Å². The number of nitrogens with two attached hydrogens (primary N) is 1. The van der Waals surface area contributed by atoms with Crippen LogP contribution in [0.25, 0.3) is 0 Å². The van der Waals surface area contributed by atoms with Gasteiger partial charge < -0.3 is 15.2 Å². The number of halogens is 2. The average Bonchev–Trinajstić information content (AvgIpc) is 2.37. The third-order valence-corrected chi connectivity index (χ3v) is 3.03. The Labute approximate surface area is 119 Å². The zero-order chi connectivity index (χ0) is 13.8. The highest BCUT2D eigenvalue weighted by molar-refractivity contribution is 9.10. The molecule has 0 saturated heterocycles. The SMILES string of the molecule is CCOc1cc(Oc2ccc(F)cc2Br)ccc1N. The fourth-order valence-corrected chi connectivity index (χ4v) is 1.98. The van der Waals surface area contributed by atoms with Gasteiger partial charge in [0, 0.05) is 6.07 Å². The van der Waals surface area contributed by atoms with Crippen molar-refractivity contribution < 1.29 is 13.9 Å². The lowest BCUT2D eigenvalue weighted by atomic mass is 10.2. The van der Waals surface area contributed by atoms with Crippen molar-refractivity contribution in [3.8, 4) is 17.2 Å².